The van der Waals surface area contributed by atoms with Gasteiger partial charge in [-0.1, -0.05) is 12.8 Å². The lowest BCUT2D eigenvalue weighted by Crippen LogP contribution is -2.46. The van der Waals surface area contributed by atoms with E-state index in [1.54, 1.807) is 0 Å². The predicted molar refractivity (Wildman–Crippen MR) is 81.6 cm³/mol. The Labute approximate surface area is 122 Å². The number of aryl methyl sites for hydroxylation is 1. The van der Waals surface area contributed by atoms with Crippen LogP contribution in [0.4, 0.5) is 0 Å². The number of hydrogen-bond acceptors (Lipinski definition) is 3. The van der Waals surface area contributed by atoms with E-state index in [-0.39, 0.29) is 0 Å². The van der Waals surface area contributed by atoms with Crippen molar-refractivity contribution in [3.8, 4) is 0 Å². The van der Waals surface area contributed by atoms with E-state index in [1.807, 2.05) is 17.9 Å². The topological polar surface area (TPSA) is 33.1 Å². The van der Waals surface area contributed by atoms with Crippen molar-refractivity contribution >= 4 is 0 Å². The van der Waals surface area contributed by atoms with E-state index >= 15 is 0 Å². The smallest absolute Gasteiger partial charge is 0.0537 e. The largest absolute Gasteiger partial charge is 0.307 e. The highest BCUT2D eigenvalue weighted by Crippen LogP contribution is 2.26. The molecule has 0 unspecified atom stereocenters. The molecule has 4 nitrogen and oxygen atoms in total. The molecule has 2 heterocycles. The molecule has 1 saturated carbocycles. The molecule has 0 aromatic carbocycles. The van der Waals surface area contributed by atoms with Gasteiger partial charge < -0.3 is 10.2 Å². The molecule has 2 aliphatic rings. The Bertz CT molecular complexity index is 414. The molecule has 20 heavy (non-hydrogen) atoms. The molecule has 0 radical (unpaired) electrons. The van der Waals surface area contributed by atoms with Gasteiger partial charge in [0.25, 0.3) is 0 Å². The fourth-order valence-corrected chi connectivity index (χ4v) is 3.81. The lowest BCUT2D eigenvalue weighted by atomic mass is 10.0. The second-order valence-electron chi connectivity index (χ2n) is 6.58. The molecule has 2 fully saturated rings. The average Bonchev–Trinajstić information content (AvgIpc) is 3.10. The molecule has 0 spiro atoms. The third kappa shape index (κ3) is 3.23. The van der Waals surface area contributed by atoms with Crippen LogP contribution < -0.4 is 5.32 Å². The van der Waals surface area contributed by atoms with E-state index in [0.29, 0.717) is 12.1 Å². The highest BCUT2D eigenvalue weighted by atomic mass is 15.2. The maximum Gasteiger partial charge on any atom is 0.0537 e. The molecule has 4 heteroatoms. The second kappa shape index (κ2) is 6.27. The van der Waals surface area contributed by atoms with Crippen LogP contribution in [0, 0.1) is 0 Å². The average molecular weight is 276 g/mol. The molecule has 1 aliphatic heterocycles. The number of piperidine rings is 1. The van der Waals surface area contributed by atoms with Gasteiger partial charge in [-0.2, -0.15) is 5.10 Å². The molecule has 1 N–H and O–H groups in total. The van der Waals surface area contributed by atoms with E-state index in [4.69, 9.17) is 0 Å². The number of aromatic nitrogens is 2. The van der Waals surface area contributed by atoms with Gasteiger partial charge in [0.1, 0.15) is 0 Å². The van der Waals surface area contributed by atoms with Gasteiger partial charge in [-0.25, -0.2) is 0 Å². The van der Waals surface area contributed by atoms with Gasteiger partial charge >= 0.3 is 0 Å². The molecule has 3 rings (SSSR count). The van der Waals surface area contributed by atoms with Crippen LogP contribution in [-0.2, 0) is 7.05 Å². The van der Waals surface area contributed by atoms with Crippen LogP contribution in [0.1, 0.15) is 57.1 Å². The molecule has 1 aromatic heterocycles. The Morgan fingerprint density at radius 2 is 1.90 bits per heavy atom. The van der Waals surface area contributed by atoms with Crippen LogP contribution in [0.25, 0.3) is 0 Å². The highest BCUT2D eigenvalue weighted by molar-refractivity contribution is 5.09. The van der Waals surface area contributed by atoms with Gasteiger partial charge in [0.05, 0.1) is 6.20 Å². The Morgan fingerprint density at radius 3 is 2.50 bits per heavy atom. The van der Waals surface area contributed by atoms with Crippen LogP contribution in [-0.4, -0.2) is 39.9 Å². The van der Waals surface area contributed by atoms with E-state index in [9.17, 15) is 0 Å². The van der Waals surface area contributed by atoms with Crippen molar-refractivity contribution in [2.45, 2.75) is 63.6 Å². The lowest BCUT2D eigenvalue weighted by molar-refractivity contribution is 0.141. The minimum absolute atomic E-state index is 0.409. The number of hydrogen-bond donors (Lipinski definition) is 1. The molecule has 1 aliphatic carbocycles. The summed E-state index contributed by atoms with van der Waals surface area (Å²) < 4.78 is 1.89. The third-order valence-corrected chi connectivity index (χ3v) is 5.08. The van der Waals surface area contributed by atoms with Crippen LogP contribution in [0.2, 0.25) is 0 Å². The fourth-order valence-electron chi connectivity index (χ4n) is 3.81. The molecular formula is C16H28N4. The van der Waals surface area contributed by atoms with Crippen molar-refractivity contribution in [2.24, 2.45) is 7.05 Å². The first-order chi connectivity index (χ1) is 9.72. The summed E-state index contributed by atoms with van der Waals surface area (Å²) in [6, 6.07) is 1.97. The molecular weight excluding hydrogens is 248 g/mol. The van der Waals surface area contributed by atoms with E-state index < -0.39 is 0 Å². The normalized spacial score (nSPS) is 24.3. The van der Waals surface area contributed by atoms with Crippen LogP contribution in [0.3, 0.4) is 0 Å². The van der Waals surface area contributed by atoms with Crippen molar-refractivity contribution in [2.75, 3.05) is 13.1 Å². The van der Waals surface area contributed by atoms with Gasteiger partial charge in [0.2, 0.25) is 0 Å². The zero-order chi connectivity index (χ0) is 13.9. The first-order valence-corrected chi connectivity index (χ1v) is 8.21. The third-order valence-electron chi connectivity index (χ3n) is 5.08. The van der Waals surface area contributed by atoms with Gasteiger partial charge in [0, 0.05) is 36.9 Å². The molecule has 1 saturated heterocycles. The van der Waals surface area contributed by atoms with E-state index in [0.717, 1.165) is 6.04 Å². The second-order valence-corrected chi connectivity index (χ2v) is 6.58. The Morgan fingerprint density at radius 1 is 1.20 bits per heavy atom. The minimum atomic E-state index is 0.409. The molecule has 1 atom stereocenters. The van der Waals surface area contributed by atoms with Gasteiger partial charge in [-0.05, 0) is 45.7 Å². The number of likely N-dealkylation sites (tertiary alicyclic amines) is 1. The summed E-state index contributed by atoms with van der Waals surface area (Å²) in [6.07, 6.45) is 12.4. The fraction of sp³-hybridized carbons (Fsp3) is 0.812. The summed E-state index contributed by atoms with van der Waals surface area (Å²) in [5.74, 6) is 0. The summed E-state index contributed by atoms with van der Waals surface area (Å²) >= 11 is 0. The zero-order valence-electron chi connectivity index (χ0n) is 12.9. The number of nitrogens with zero attached hydrogens (tertiary/aromatic N) is 3. The maximum absolute atomic E-state index is 4.26. The van der Waals surface area contributed by atoms with Crippen LogP contribution >= 0.6 is 0 Å². The Kier molecular flexibility index (Phi) is 4.41. The van der Waals surface area contributed by atoms with Gasteiger partial charge in [-0.3, -0.25) is 4.68 Å². The Balaban J connectivity index is 1.46. The predicted octanol–water partition coefficient (Wildman–Crippen LogP) is 2.48. The SMILES string of the molecule is C[C@H](NC1CCN(C2CCCC2)CC1)c1cnn(C)c1. The lowest BCUT2D eigenvalue weighted by Gasteiger charge is -2.37. The quantitative estimate of drug-likeness (QED) is 0.917. The summed E-state index contributed by atoms with van der Waals surface area (Å²) in [7, 11) is 1.98. The van der Waals surface area contributed by atoms with Gasteiger partial charge in [0.15, 0.2) is 0 Å². The van der Waals surface area contributed by atoms with Crippen molar-refractivity contribution in [3.05, 3.63) is 18.0 Å². The number of rotatable bonds is 4. The Hall–Kier alpha value is -0.870. The van der Waals surface area contributed by atoms with Crippen molar-refractivity contribution in [1.82, 2.24) is 20.0 Å². The molecule has 0 amide bonds. The van der Waals surface area contributed by atoms with E-state index in [2.05, 4.69) is 28.4 Å². The summed E-state index contributed by atoms with van der Waals surface area (Å²) in [4.78, 5) is 2.74. The van der Waals surface area contributed by atoms with Gasteiger partial charge in [-0.15, -0.1) is 0 Å². The maximum atomic E-state index is 4.26. The monoisotopic (exact) mass is 276 g/mol. The standard InChI is InChI=1S/C16H28N4/c1-13(14-11-17-19(2)12-14)18-15-7-9-20(10-8-15)16-5-3-4-6-16/h11-13,15-16,18H,3-10H2,1-2H3/t13-/m0/s1. The van der Waals surface area contributed by atoms with E-state index in [1.165, 1.54) is 57.2 Å². The van der Waals surface area contributed by atoms with Crippen molar-refractivity contribution in [1.29, 1.82) is 0 Å². The van der Waals surface area contributed by atoms with Crippen LogP contribution in [0.5, 0.6) is 0 Å². The van der Waals surface area contributed by atoms with Crippen molar-refractivity contribution < 1.29 is 0 Å². The van der Waals surface area contributed by atoms with Crippen molar-refractivity contribution in [3.63, 3.8) is 0 Å². The number of nitrogens with one attached hydrogen (secondary N) is 1. The molecule has 0 bridgehead atoms. The summed E-state index contributed by atoms with van der Waals surface area (Å²) in [5, 5.41) is 8.04. The molecule has 1 aromatic rings. The zero-order valence-corrected chi connectivity index (χ0v) is 12.9. The first-order valence-electron chi connectivity index (χ1n) is 8.21. The summed E-state index contributed by atoms with van der Waals surface area (Å²) in [5.41, 5.74) is 1.30. The summed E-state index contributed by atoms with van der Waals surface area (Å²) in [6.45, 7) is 4.81. The molecule has 112 valence electrons. The van der Waals surface area contributed by atoms with Crippen LogP contribution in [0.15, 0.2) is 12.4 Å². The first kappa shape index (κ1) is 14.1. The minimum Gasteiger partial charge on any atom is -0.307 e. The highest BCUT2D eigenvalue weighted by Gasteiger charge is 2.27.